The lowest BCUT2D eigenvalue weighted by Gasteiger charge is -2.33. The van der Waals surface area contributed by atoms with E-state index in [9.17, 15) is 0 Å². The molecule has 0 atom stereocenters. The average Bonchev–Trinajstić information content (AvgIpc) is 4.03. The maximum atomic E-state index is 2.50. The number of benzene rings is 11. The molecular weight excluding hydrogens is 809 g/mol. The van der Waals surface area contributed by atoms with Gasteiger partial charge in [-0.15, -0.1) is 0 Å². The summed E-state index contributed by atoms with van der Waals surface area (Å²) in [7, 11) is 0. The summed E-state index contributed by atoms with van der Waals surface area (Å²) in [6.45, 7) is 0. The summed E-state index contributed by atoms with van der Waals surface area (Å²) in [6, 6.07) is 94.4. The summed E-state index contributed by atoms with van der Waals surface area (Å²) >= 11 is 0. The van der Waals surface area contributed by atoms with Crippen molar-refractivity contribution >= 4 is 54.4 Å². The fourth-order valence-electron chi connectivity index (χ4n) is 11.8. The second kappa shape index (κ2) is 14.7. The fraction of sp³-hybridized carbons (Fsp3) is 0.0154. The third kappa shape index (κ3) is 5.45. The number of para-hydroxylation sites is 1. The van der Waals surface area contributed by atoms with E-state index < -0.39 is 5.41 Å². The normalized spacial score (nSPS) is 12.9. The highest BCUT2D eigenvalue weighted by Gasteiger charge is 2.47. The molecule has 2 aromatic heterocycles. The molecule has 67 heavy (non-hydrogen) atoms. The van der Waals surface area contributed by atoms with Gasteiger partial charge >= 0.3 is 0 Å². The molecule has 0 bridgehead atoms. The van der Waals surface area contributed by atoms with Gasteiger partial charge in [-0.3, -0.25) is 0 Å². The quantitative estimate of drug-likeness (QED) is 0.158. The van der Waals surface area contributed by atoms with E-state index >= 15 is 0 Å². The van der Waals surface area contributed by atoms with Crippen molar-refractivity contribution in [3.05, 3.63) is 277 Å². The van der Waals surface area contributed by atoms with E-state index in [4.69, 9.17) is 0 Å². The van der Waals surface area contributed by atoms with Crippen LogP contribution in [-0.4, -0.2) is 9.13 Å². The zero-order valence-electron chi connectivity index (χ0n) is 36.6. The van der Waals surface area contributed by atoms with Crippen molar-refractivity contribution in [2.45, 2.75) is 5.41 Å². The molecule has 0 spiro atoms. The van der Waals surface area contributed by atoms with Crippen LogP contribution in [0.5, 0.6) is 0 Å². The summed E-state index contributed by atoms with van der Waals surface area (Å²) < 4.78 is 4.94. The highest BCUT2D eigenvalue weighted by molar-refractivity contribution is 6.19. The van der Waals surface area contributed by atoms with Gasteiger partial charge < -0.3 is 9.13 Å². The van der Waals surface area contributed by atoms with E-state index in [1.807, 2.05) is 0 Å². The molecule has 0 fully saturated rings. The van der Waals surface area contributed by atoms with Crippen LogP contribution in [0.25, 0.3) is 99.1 Å². The van der Waals surface area contributed by atoms with Crippen molar-refractivity contribution in [1.82, 2.24) is 9.13 Å². The van der Waals surface area contributed by atoms with Crippen LogP contribution < -0.4 is 0 Å². The molecule has 11 aromatic carbocycles. The Morgan fingerprint density at radius 2 is 0.851 bits per heavy atom. The highest BCUT2D eigenvalue weighted by Crippen LogP contribution is 2.59. The lowest BCUT2D eigenvalue weighted by Crippen LogP contribution is -2.28. The molecule has 312 valence electrons. The van der Waals surface area contributed by atoms with Crippen LogP contribution >= 0.6 is 0 Å². The Labute approximate surface area is 388 Å². The van der Waals surface area contributed by atoms with Gasteiger partial charge in [0.1, 0.15) is 0 Å². The van der Waals surface area contributed by atoms with E-state index in [0.29, 0.717) is 0 Å². The third-order valence-electron chi connectivity index (χ3n) is 14.6. The summed E-state index contributed by atoms with van der Waals surface area (Å²) in [4.78, 5) is 0. The lowest BCUT2D eigenvalue weighted by molar-refractivity contribution is 0.769. The van der Waals surface area contributed by atoms with Crippen molar-refractivity contribution in [2.75, 3.05) is 0 Å². The minimum absolute atomic E-state index is 0.509. The lowest BCUT2D eigenvalue weighted by atomic mass is 9.67. The molecule has 14 rings (SSSR count). The molecule has 13 aromatic rings. The van der Waals surface area contributed by atoms with Gasteiger partial charge in [-0.2, -0.15) is 0 Å². The van der Waals surface area contributed by atoms with Gasteiger partial charge in [-0.1, -0.05) is 200 Å². The number of nitrogens with zero attached hydrogens (tertiary/aromatic N) is 2. The van der Waals surface area contributed by atoms with E-state index in [1.54, 1.807) is 0 Å². The van der Waals surface area contributed by atoms with E-state index in [2.05, 4.69) is 264 Å². The molecule has 2 nitrogen and oxygen atoms in total. The van der Waals surface area contributed by atoms with Crippen LogP contribution in [0.3, 0.4) is 0 Å². The molecule has 0 radical (unpaired) electrons. The summed E-state index contributed by atoms with van der Waals surface area (Å²) in [5.74, 6) is 0. The molecule has 0 saturated heterocycles. The first-order valence-electron chi connectivity index (χ1n) is 23.3. The minimum Gasteiger partial charge on any atom is -0.309 e. The minimum atomic E-state index is -0.509. The zero-order valence-corrected chi connectivity index (χ0v) is 36.6. The molecule has 0 aliphatic heterocycles. The number of hydrogen-bond acceptors (Lipinski definition) is 0. The fourth-order valence-corrected chi connectivity index (χ4v) is 11.8. The molecule has 0 amide bonds. The third-order valence-corrected chi connectivity index (χ3v) is 14.6. The van der Waals surface area contributed by atoms with Gasteiger partial charge in [0.2, 0.25) is 0 Å². The molecular formula is C65H42N2. The number of fused-ring (bicyclic) bond motifs is 11. The maximum absolute atomic E-state index is 2.50. The van der Waals surface area contributed by atoms with Gasteiger partial charge in [-0.25, -0.2) is 0 Å². The first-order chi connectivity index (χ1) is 33.3. The molecule has 0 N–H and O–H groups in total. The Morgan fingerprint density at radius 3 is 1.63 bits per heavy atom. The van der Waals surface area contributed by atoms with Gasteiger partial charge in [0.15, 0.2) is 0 Å². The highest BCUT2D eigenvalue weighted by atomic mass is 15.0. The van der Waals surface area contributed by atoms with Crippen molar-refractivity contribution in [3.63, 3.8) is 0 Å². The van der Waals surface area contributed by atoms with Crippen molar-refractivity contribution < 1.29 is 0 Å². The van der Waals surface area contributed by atoms with Gasteiger partial charge in [0, 0.05) is 32.6 Å². The first kappa shape index (κ1) is 37.6. The Balaban J connectivity index is 1.06. The average molecular weight is 851 g/mol. The molecule has 0 saturated carbocycles. The monoisotopic (exact) mass is 850 g/mol. The summed E-state index contributed by atoms with van der Waals surface area (Å²) in [6.07, 6.45) is 0. The SMILES string of the molecule is c1ccc(-c2cccc(-n3c4ccc(-c5ccc6c(c5)c5ccccc5n6-c5cccc6ccccc56)cc4c4c5c(ccc43)C(c3ccccc3)(c3ccccc3)c3ccccc3-5)c2)cc1. The summed E-state index contributed by atoms with van der Waals surface area (Å²) in [5, 5.41) is 7.47. The van der Waals surface area contributed by atoms with Gasteiger partial charge in [0.05, 0.1) is 33.2 Å². The van der Waals surface area contributed by atoms with Crippen LogP contribution in [0.1, 0.15) is 22.3 Å². The van der Waals surface area contributed by atoms with Gasteiger partial charge in [-0.05, 0) is 116 Å². The van der Waals surface area contributed by atoms with E-state index in [0.717, 1.165) is 5.69 Å². The predicted octanol–water partition coefficient (Wildman–Crippen LogP) is 16.7. The predicted molar refractivity (Wildman–Crippen MR) is 281 cm³/mol. The number of rotatable bonds is 6. The van der Waals surface area contributed by atoms with Crippen LogP contribution in [-0.2, 0) is 5.41 Å². The first-order valence-corrected chi connectivity index (χ1v) is 23.3. The Kier molecular flexibility index (Phi) is 8.23. The molecule has 2 heterocycles. The van der Waals surface area contributed by atoms with Gasteiger partial charge in [0.25, 0.3) is 0 Å². The molecule has 1 aliphatic carbocycles. The Morgan fingerprint density at radius 1 is 0.299 bits per heavy atom. The van der Waals surface area contributed by atoms with E-state index in [1.165, 1.54) is 116 Å². The van der Waals surface area contributed by atoms with Crippen molar-refractivity contribution in [2.24, 2.45) is 0 Å². The molecule has 2 heteroatoms. The second-order valence-corrected chi connectivity index (χ2v) is 18.0. The van der Waals surface area contributed by atoms with Crippen LogP contribution in [0.2, 0.25) is 0 Å². The standard InChI is InChI=1S/C65H42N2/c1-4-18-43(19-5-1)45-22-16-27-50(40-45)66-61-38-35-47(46-34-37-60-54(41-46)52-29-13-15-32-59(52)67(60)58-33-17-21-44-20-10-11-28-51(44)58)42-55(61)64-62(66)39-36-57-63(64)53-30-12-14-31-56(53)65(57,48-23-6-2-7-24-48)49-25-8-3-9-26-49/h1-42H. The summed E-state index contributed by atoms with van der Waals surface area (Å²) in [5.41, 5.74) is 19.1. The van der Waals surface area contributed by atoms with E-state index in [-0.39, 0.29) is 0 Å². The smallest absolute Gasteiger partial charge is 0.0713 e. The molecule has 0 unspecified atom stereocenters. The topological polar surface area (TPSA) is 9.86 Å². The largest absolute Gasteiger partial charge is 0.309 e. The number of hydrogen-bond donors (Lipinski definition) is 0. The van der Waals surface area contributed by atoms with Crippen molar-refractivity contribution in [1.29, 1.82) is 0 Å². The Hall–Kier alpha value is -8.72. The number of aromatic nitrogens is 2. The zero-order chi connectivity index (χ0) is 44.1. The second-order valence-electron chi connectivity index (χ2n) is 18.0. The van der Waals surface area contributed by atoms with Crippen LogP contribution in [0.4, 0.5) is 0 Å². The molecule has 1 aliphatic rings. The Bertz CT molecular complexity index is 4040. The van der Waals surface area contributed by atoms with Crippen LogP contribution in [0.15, 0.2) is 255 Å². The van der Waals surface area contributed by atoms with Crippen LogP contribution in [0, 0.1) is 0 Å². The van der Waals surface area contributed by atoms with Crippen molar-refractivity contribution in [3.8, 4) is 44.8 Å². The maximum Gasteiger partial charge on any atom is 0.0713 e.